The van der Waals surface area contributed by atoms with Crippen LogP contribution in [0.15, 0.2) is 18.3 Å². The fourth-order valence-electron chi connectivity index (χ4n) is 3.23. The van der Waals surface area contributed by atoms with Gasteiger partial charge in [-0.05, 0) is 50.3 Å². The number of aromatic nitrogens is 1. The number of nitrogens with one attached hydrogen (secondary N) is 1. The van der Waals surface area contributed by atoms with Crippen LogP contribution in [0.5, 0.6) is 0 Å². The van der Waals surface area contributed by atoms with Gasteiger partial charge in [0.25, 0.3) is 0 Å². The van der Waals surface area contributed by atoms with Crippen LogP contribution in [0, 0.1) is 12.8 Å². The van der Waals surface area contributed by atoms with Crippen molar-refractivity contribution in [3.05, 3.63) is 29.6 Å². The minimum atomic E-state index is 0.603. The number of aryl methyl sites for hydroxylation is 1. The van der Waals surface area contributed by atoms with Gasteiger partial charge in [0.15, 0.2) is 0 Å². The molecular weight excluding hydrogens is 244 g/mol. The maximum atomic E-state index is 4.57. The Balaban J connectivity index is 1.83. The van der Waals surface area contributed by atoms with Gasteiger partial charge in [0, 0.05) is 24.4 Å². The molecular formula is C18H30N2. The Labute approximate surface area is 124 Å². The lowest BCUT2D eigenvalue weighted by Gasteiger charge is -2.20. The Morgan fingerprint density at radius 1 is 1.30 bits per heavy atom. The second-order valence-electron chi connectivity index (χ2n) is 6.41. The summed E-state index contributed by atoms with van der Waals surface area (Å²) in [6.07, 6.45) is 12.8. The van der Waals surface area contributed by atoms with Crippen LogP contribution < -0.4 is 5.32 Å². The van der Waals surface area contributed by atoms with E-state index in [2.05, 4.69) is 36.3 Å². The van der Waals surface area contributed by atoms with E-state index in [-0.39, 0.29) is 0 Å². The molecule has 0 aliphatic heterocycles. The van der Waals surface area contributed by atoms with Crippen molar-refractivity contribution >= 4 is 0 Å². The van der Waals surface area contributed by atoms with E-state index in [1.807, 2.05) is 6.20 Å². The van der Waals surface area contributed by atoms with Crippen LogP contribution in [0.3, 0.4) is 0 Å². The first kappa shape index (κ1) is 15.5. The molecule has 2 nitrogen and oxygen atoms in total. The maximum Gasteiger partial charge on any atom is 0.0419 e. The molecule has 0 bridgehead atoms. The van der Waals surface area contributed by atoms with Crippen molar-refractivity contribution in [3.8, 4) is 0 Å². The van der Waals surface area contributed by atoms with Gasteiger partial charge in [-0.1, -0.05) is 38.7 Å². The zero-order valence-electron chi connectivity index (χ0n) is 13.2. The average Bonchev–Trinajstić information content (AvgIpc) is 2.97. The monoisotopic (exact) mass is 274 g/mol. The molecule has 0 amide bonds. The van der Waals surface area contributed by atoms with Crippen molar-refractivity contribution in [2.75, 3.05) is 6.54 Å². The lowest BCUT2D eigenvalue weighted by atomic mass is 9.96. The van der Waals surface area contributed by atoms with Crippen LogP contribution in [-0.2, 0) is 6.42 Å². The minimum absolute atomic E-state index is 0.603. The summed E-state index contributed by atoms with van der Waals surface area (Å²) in [6, 6.07) is 4.97. The molecule has 0 saturated heterocycles. The number of hydrogen-bond acceptors (Lipinski definition) is 2. The van der Waals surface area contributed by atoms with E-state index in [4.69, 9.17) is 0 Å². The van der Waals surface area contributed by atoms with Gasteiger partial charge in [-0.15, -0.1) is 0 Å². The molecule has 1 aromatic heterocycles. The fourth-order valence-corrected chi connectivity index (χ4v) is 3.23. The van der Waals surface area contributed by atoms with E-state index >= 15 is 0 Å². The molecule has 1 saturated carbocycles. The molecule has 0 radical (unpaired) electrons. The number of rotatable bonds is 8. The van der Waals surface area contributed by atoms with Crippen LogP contribution in [0.1, 0.15) is 63.1 Å². The molecule has 1 aromatic rings. The predicted molar refractivity (Wildman–Crippen MR) is 86.0 cm³/mol. The quantitative estimate of drug-likeness (QED) is 0.765. The molecule has 20 heavy (non-hydrogen) atoms. The third-order valence-corrected chi connectivity index (χ3v) is 4.51. The Hall–Kier alpha value is -0.890. The minimum Gasteiger partial charge on any atom is -0.314 e. The predicted octanol–water partition coefficient (Wildman–Crippen LogP) is 4.27. The van der Waals surface area contributed by atoms with Gasteiger partial charge >= 0.3 is 0 Å². The number of nitrogens with zero attached hydrogens (tertiary/aromatic N) is 1. The van der Waals surface area contributed by atoms with E-state index in [9.17, 15) is 0 Å². The van der Waals surface area contributed by atoms with Gasteiger partial charge in [-0.2, -0.15) is 0 Å². The zero-order chi connectivity index (χ0) is 14.2. The van der Waals surface area contributed by atoms with Crippen LogP contribution in [-0.4, -0.2) is 17.6 Å². The van der Waals surface area contributed by atoms with Crippen molar-refractivity contribution in [3.63, 3.8) is 0 Å². The highest BCUT2D eigenvalue weighted by molar-refractivity contribution is 5.13. The van der Waals surface area contributed by atoms with Gasteiger partial charge in [-0.25, -0.2) is 0 Å². The van der Waals surface area contributed by atoms with E-state index in [1.165, 1.54) is 56.2 Å². The summed E-state index contributed by atoms with van der Waals surface area (Å²) in [4.78, 5) is 4.57. The van der Waals surface area contributed by atoms with E-state index in [0.717, 1.165) is 18.9 Å². The molecule has 0 spiro atoms. The van der Waals surface area contributed by atoms with Gasteiger partial charge in [0.05, 0.1) is 0 Å². The van der Waals surface area contributed by atoms with Crippen LogP contribution in [0.2, 0.25) is 0 Å². The Morgan fingerprint density at radius 2 is 2.10 bits per heavy atom. The summed E-state index contributed by atoms with van der Waals surface area (Å²) in [7, 11) is 0. The second-order valence-corrected chi connectivity index (χ2v) is 6.41. The van der Waals surface area contributed by atoms with E-state index < -0.39 is 0 Å². The summed E-state index contributed by atoms with van der Waals surface area (Å²) in [6.45, 7) is 5.47. The normalized spacial score (nSPS) is 17.5. The highest BCUT2D eigenvalue weighted by Crippen LogP contribution is 2.29. The first-order valence-corrected chi connectivity index (χ1v) is 8.43. The molecule has 2 rings (SSSR count). The molecule has 0 aromatic carbocycles. The molecule has 1 unspecified atom stereocenters. The van der Waals surface area contributed by atoms with E-state index in [0.29, 0.717) is 6.04 Å². The summed E-state index contributed by atoms with van der Waals surface area (Å²) < 4.78 is 0. The van der Waals surface area contributed by atoms with Crippen LogP contribution >= 0.6 is 0 Å². The average molecular weight is 274 g/mol. The lowest BCUT2D eigenvalue weighted by molar-refractivity contribution is 0.400. The summed E-state index contributed by atoms with van der Waals surface area (Å²) >= 11 is 0. The highest BCUT2D eigenvalue weighted by Gasteiger charge is 2.17. The third kappa shape index (κ3) is 5.24. The largest absolute Gasteiger partial charge is 0.314 e. The first-order chi connectivity index (χ1) is 9.78. The van der Waals surface area contributed by atoms with Gasteiger partial charge in [0.2, 0.25) is 0 Å². The summed E-state index contributed by atoms with van der Waals surface area (Å²) in [5, 5.41) is 3.72. The van der Waals surface area contributed by atoms with E-state index in [1.54, 1.807) is 0 Å². The standard InChI is InChI=1S/C18H30N2/c1-3-12-19-17(11-9-16-6-4-5-7-16)13-18-10-8-15(2)14-20-18/h8,10,14,16-17,19H,3-7,9,11-13H2,1-2H3. The first-order valence-electron chi connectivity index (χ1n) is 8.43. The molecule has 2 heteroatoms. The molecule has 1 fully saturated rings. The summed E-state index contributed by atoms with van der Waals surface area (Å²) in [5.41, 5.74) is 2.48. The maximum absolute atomic E-state index is 4.57. The van der Waals surface area contributed by atoms with Gasteiger partial charge in [-0.3, -0.25) is 4.98 Å². The van der Waals surface area contributed by atoms with Gasteiger partial charge < -0.3 is 5.32 Å². The van der Waals surface area contributed by atoms with Crippen molar-refractivity contribution < 1.29 is 0 Å². The smallest absolute Gasteiger partial charge is 0.0419 e. The molecule has 112 valence electrons. The van der Waals surface area contributed by atoms with Crippen molar-refractivity contribution in [1.82, 2.24) is 10.3 Å². The van der Waals surface area contributed by atoms with Crippen molar-refractivity contribution in [2.45, 2.75) is 71.3 Å². The Bertz CT molecular complexity index is 366. The molecule has 1 aliphatic rings. The Morgan fingerprint density at radius 3 is 2.75 bits per heavy atom. The molecule has 1 aliphatic carbocycles. The van der Waals surface area contributed by atoms with Crippen molar-refractivity contribution in [1.29, 1.82) is 0 Å². The summed E-state index contributed by atoms with van der Waals surface area (Å²) in [5.74, 6) is 0.993. The fraction of sp³-hybridized carbons (Fsp3) is 0.722. The van der Waals surface area contributed by atoms with Gasteiger partial charge in [0.1, 0.15) is 0 Å². The van der Waals surface area contributed by atoms with Crippen molar-refractivity contribution in [2.24, 2.45) is 5.92 Å². The number of hydrogen-bond donors (Lipinski definition) is 1. The molecule has 1 heterocycles. The third-order valence-electron chi connectivity index (χ3n) is 4.51. The number of pyridine rings is 1. The Kier molecular flexibility index (Phi) is 6.52. The topological polar surface area (TPSA) is 24.9 Å². The SMILES string of the molecule is CCCNC(CCC1CCCC1)Cc1ccc(C)cn1. The molecule has 1 atom stereocenters. The zero-order valence-corrected chi connectivity index (χ0v) is 13.2. The second kappa shape index (κ2) is 8.41. The van der Waals surface area contributed by atoms with Crippen LogP contribution in [0.25, 0.3) is 0 Å². The lowest BCUT2D eigenvalue weighted by Crippen LogP contribution is -2.32. The highest BCUT2D eigenvalue weighted by atomic mass is 14.9. The molecule has 1 N–H and O–H groups in total. The van der Waals surface area contributed by atoms with Crippen LogP contribution in [0.4, 0.5) is 0 Å².